The molecule has 3 aromatic rings. The van der Waals surface area contributed by atoms with Crippen molar-refractivity contribution in [2.75, 3.05) is 6.54 Å². The summed E-state index contributed by atoms with van der Waals surface area (Å²) in [6, 6.07) is 13.3. The lowest BCUT2D eigenvalue weighted by Gasteiger charge is -2.24. The van der Waals surface area contributed by atoms with Crippen molar-refractivity contribution >= 4 is 28.5 Å². The molecular formula is C21H20ClN3O2. The maximum atomic E-state index is 13.1. The standard InChI is InChI=1S/C21H20ClN3O2/c1-13-7-8-17-18(10-13)24-20(26)19(23-17)21(27)25-9-3-6-16(25)12-14-4-2-5-15(22)11-14/h2,4-5,7-8,10-11,16H,3,6,9,12H2,1H3,(H,24,26). The normalized spacial score (nSPS) is 16.8. The first-order valence-electron chi connectivity index (χ1n) is 9.04. The van der Waals surface area contributed by atoms with Crippen molar-refractivity contribution < 1.29 is 9.90 Å². The number of aromatic hydroxyl groups is 1. The van der Waals surface area contributed by atoms with Gasteiger partial charge in [0.1, 0.15) is 0 Å². The summed E-state index contributed by atoms with van der Waals surface area (Å²) >= 11 is 6.08. The van der Waals surface area contributed by atoms with Crippen molar-refractivity contribution in [1.29, 1.82) is 0 Å². The molecule has 27 heavy (non-hydrogen) atoms. The molecule has 1 aliphatic rings. The zero-order valence-corrected chi connectivity index (χ0v) is 15.8. The molecule has 0 saturated carbocycles. The Bertz CT molecular complexity index is 1020. The third-order valence-corrected chi connectivity index (χ3v) is 5.24. The van der Waals surface area contributed by atoms with Gasteiger partial charge in [0.15, 0.2) is 5.69 Å². The monoisotopic (exact) mass is 381 g/mol. The number of rotatable bonds is 3. The predicted molar refractivity (Wildman–Crippen MR) is 105 cm³/mol. The average molecular weight is 382 g/mol. The molecule has 1 fully saturated rings. The number of aromatic nitrogens is 2. The van der Waals surface area contributed by atoms with Crippen LogP contribution in [0.2, 0.25) is 5.02 Å². The molecule has 0 spiro atoms. The van der Waals surface area contributed by atoms with Crippen molar-refractivity contribution in [3.63, 3.8) is 0 Å². The molecule has 0 aliphatic carbocycles. The van der Waals surface area contributed by atoms with E-state index in [1.165, 1.54) is 0 Å². The van der Waals surface area contributed by atoms with E-state index < -0.39 is 0 Å². The van der Waals surface area contributed by atoms with Crippen LogP contribution in [0.1, 0.15) is 34.5 Å². The van der Waals surface area contributed by atoms with Crippen molar-refractivity contribution in [1.82, 2.24) is 14.9 Å². The molecule has 2 heterocycles. The Kier molecular flexibility index (Phi) is 4.70. The number of aryl methyl sites for hydroxylation is 1. The Morgan fingerprint density at radius 3 is 2.89 bits per heavy atom. The third kappa shape index (κ3) is 3.60. The molecule has 1 aromatic heterocycles. The molecule has 6 heteroatoms. The molecule has 2 aromatic carbocycles. The van der Waals surface area contributed by atoms with Crippen molar-refractivity contribution in [3.05, 3.63) is 64.3 Å². The highest BCUT2D eigenvalue weighted by Crippen LogP contribution is 2.27. The highest BCUT2D eigenvalue weighted by Gasteiger charge is 2.32. The molecule has 1 amide bonds. The maximum Gasteiger partial charge on any atom is 0.278 e. The molecule has 0 bridgehead atoms. The quantitative estimate of drug-likeness (QED) is 0.740. The Morgan fingerprint density at radius 1 is 1.22 bits per heavy atom. The molecule has 1 saturated heterocycles. The number of likely N-dealkylation sites (tertiary alicyclic amines) is 1. The zero-order chi connectivity index (χ0) is 19.0. The second-order valence-corrected chi connectivity index (χ2v) is 7.45. The van der Waals surface area contributed by atoms with E-state index in [-0.39, 0.29) is 23.5 Å². The summed E-state index contributed by atoms with van der Waals surface area (Å²) in [4.78, 5) is 23.4. The zero-order valence-electron chi connectivity index (χ0n) is 15.0. The van der Waals surface area contributed by atoms with Gasteiger partial charge in [-0.3, -0.25) is 4.79 Å². The molecular weight excluding hydrogens is 362 g/mol. The fraction of sp³-hybridized carbons (Fsp3) is 0.286. The molecule has 1 N–H and O–H groups in total. The lowest BCUT2D eigenvalue weighted by Crippen LogP contribution is -2.37. The highest BCUT2D eigenvalue weighted by atomic mass is 35.5. The van der Waals surface area contributed by atoms with Crippen molar-refractivity contribution in [3.8, 4) is 5.88 Å². The van der Waals surface area contributed by atoms with Gasteiger partial charge in [-0.15, -0.1) is 0 Å². The number of hydrogen-bond acceptors (Lipinski definition) is 4. The minimum Gasteiger partial charge on any atom is -0.492 e. The first kappa shape index (κ1) is 17.7. The fourth-order valence-electron chi connectivity index (χ4n) is 3.69. The van der Waals surface area contributed by atoms with E-state index in [9.17, 15) is 9.90 Å². The van der Waals surface area contributed by atoms with Crippen LogP contribution in [0.3, 0.4) is 0 Å². The first-order valence-corrected chi connectivity index (χ1v) is 9.42. The van der Waals surface area contributed by atoms with Crippen LogP contribution in [0.4, 0.5) is 0 Å². The van der Waals surface area contributed by atoms with Gasteiger partial charge in [0.25, 0.3) is 5.91 Å². The summed E-state index contributed by atoms with van der Waals surface area (Å²) in [5, 5.41) is 11.0. The van der Waals surface area contributed by atoms with Gasteiger partial charge in [0.2, 0.25) is 5.88 Å². The largest absolute Gasteiger partial charge is 0.492 e. The molecule has 1 atom stereocenters. The van der Waals surface area contributed by atoms with Gasteiger partial charge in [-0.25, -0.2) is 9.97 Å². The number of benzene rings is 2. The summed E-state index contributed by atoms with van der Waals surface area (Å²) < 4.78 is 0. The number of halogens is 1. The van der Waals surface area contributed by atoms with Crippen LogP contribution < -0.4 is 0 Å². The minimum absolute atomic E-state index is 0.0179. The third-order valence-electron chi connectivity index (χ3n) is 5.00. The smallest absolute Gasteiger partial charge is 0.278 e. The Labute approximate surface area is 162 Å². The van der Waals surface area contributed by atoms with Crippen LogP contribution in [0.15, 0.2) is 42.5 Å². The summed E-state index contributed by atoms with van der Waals surface area (Å²) in [6.45, 7) is 2.60. The van der Waals surface area contributed by atoms with E-state index in [1.807, 2.05) is 49.4 Å². The predicted octanol–water partition coefficient (Wildman–Crippen LogP) is 4.14. The fourth-order valence-corrected chi connectivity index (χ4v) is 3.90. The van der Waals surface area contributed by atoms with E-state index in [0.717, 1.165) is 30.4 Å². The SMILES string of the molecule is Cc1ccc2nc(C(=O)N3CCCC3Cc3cccc(Cl)c3)c(O)nc2c1. The summed E-state index contributed by atoms with van der Waals surface area (Å²) in [6.07, 6.45) is 2.57. The van der Waals surface area contributed by atoms with Crippen molar-refractivity contribution in [2.45, 2.75) is 32.2 Å². The van der Waals surface area contributed by atoms with Crippen LogP contribution in [0.5, 0.6) is 5.88 Å². The van der Waals surface area contributed by atoms with Crippen LogP contribution in [0.25, 0.3) is 11.0 Å². The Balaban J connectivity index is 1.62. The summed E-state index contributed by atoms with van der Waals surface area (Å²) in [5.74, 6) is -0.585. The Morgan fingerprint density at radius 2 is 2.07 bits per heavy atom. The van der Waals surface area contributed by atoms with Gasteiger partial charge in [-0.05, 0) is 61.6 Å². The van der Waals surface area contributed by atoms with E-state index in [1.54, 1.807) is 4.90 Å². The number of amides is 1. The lowest BCUT2D eigenvalue weighted by molar-refractivity contribution is 0.0727. The van der Waals surface area contributed by atoms with Gasteiger partial charge in [0.05, 0.1) is 11.0 Å². The summed E-state index contributed by atoms with van der Waals surface area (Å²) in [5.41, 5.74) is 3.32. The average Bonchev–Trinajstić information content (AvgIpc) is 3.08. The summed E-state index contributed by atoms with van der Waals surface area (Å²) in [7, 11) is 0. The number of nitrogens with zero attached hydrogens (tertiary/aromatic N) is 3. The number of hydrogen-bond donors (Lipinski definition) is 1. The van der Waals surface area contributed by atoms with E-state index in [0.29, 0.717) is 22.6 Å². The van der Waals surface area contributed by atoms with Gasteiger partial charge in [-0.2, -0.15) is 0 Å². The molecule has 138 valence electrons. The second-order valence-electron chi connectivity index (χ2n) is 7.02. The van der Waals surface area contributed by atoms with Crippen LogP contribution in [-0.2, 0) is 6.42 Å². The van der Waals surface area contributed by atoms with E-state index in [2.05, 4.69) is 9.97 Å². The highest BCUT2D eigenvalue weighted by molar-refractivity contribution is 6.30. The molecule has 4 rings (SSSR count). The topological polar surface area (TPSA) is 66.3 Å². The van der Waals surface area contributed by atoms with E-state index >= 15 is 0 Å². The second kappa shape index (κ2) is 7.16. The maximum absolute atomic E-state index is 13.1. The Hall–Kier alpha value is -2.66. The van der Waals surface area contributed by atoms with Gasteiger partial charge >= 0.3 is 0 Å². The minimum atomic E-state index is -0.313. The lowest BCUT2D eigenvalue weighted by atomic mass is 10.0. The van der Waals surface area contributed by atoms with Gasteiger partial charge in [0, 0.05) is 17.6 Å². The van der Waals surface area contributed by atoms with Gasteiger partial charge < -0.3 is 10.0 Å². The van der Waals surface area contributed by atoms with Crippen LogP contribution in [-0.4, -0.2) is 38.5 Å². The number of fused-ring (bicyclic) bond motifs is 1. The van der Waals surface area contributed by atoms with E-state index in [4.69, 9.17) is 11.6 Å². The molecule has 1 aliphatic heterocycles. The van der Waals surface area contributed by atoms with Crippen LogP contribution in [0, 0.1) is 6.92 Å². The van der Waals surface area contributed by atoms with Crippen molar-refractivity contribution in [2.24, 2.45) is 0 Å². The molecule has 0 radical (unpaired) electrons. The molecule has 1 unspecified atom stereocenters. The van der Waals surface area contributed by atoms with Crippen LogP contribution >= 0.6 is 11.6 Å². The first-order chi connectivity index (χ1) is 13.0. The molecule has 5 nitrogen and oxygen atoms in total. The number of carbonyl (C=O) groups excluding carboxylic acids is 1. The number of carbonyl (C=O) groups is 1. The van der Waals surface area contributed by atoms with Gasteiger partial charge in [-0.1, -0.05) is 29.8 Å².